The van der Waals surface area contributed by atoms with E-state index in [1.807, 2.05) is 11.0 Å². The lowest BCUT2D eigenvalue weighted by molar-refractivity contribution is 0.0337. The lowest BCUT2D eigenvalue weighted by Gasteiger charge is -2.38. The highest BCUT2D eigenvalue weighted by Gasteiger charge is 2.28. The number of carbonyl (C=O) groups excluding carboxylic acids is 2. The summed E-state index contributed by atoms with van der Waals surface area (Å²) in [6.07, 6.45) is 1.23. The molecule has 0 unspecified atom stereocenters. The van der Waals surface area contributed by atoms with Crippen molar-refractivity contribution in [3.63, 3.8) is 0 Å². The summed E-state index contributed by atoms with van der Waals surface area (Å²) in [5, 5.41) is 0. The molecule has 1 aromatic rings. The standard InChI is InChI=1S/C20H30N4O4/c1-15(2)22-11-13-24(14-12-22)20(26)28-16-7-9-23(10-8-16)18-6-4-5-17(21-18)19(25)27-3/h4-6,15-16H,7-14H2,1-3H3. The molecule has 0 atom stereocenters. The summed E-state index contributed by atoms with van der Waals surface area (Å²) in [7, 11) is 1.35. The van der Waals surface area contributed by atoms with Gasteiger partial charge in [-0.1, -0.05) is 6.07 Å². The molecule has 0 spiro atoms. The van der Waals surface area contributed by atoms with E-state index in [0.29, 0.717) is 11.7 Å². The molecule has 1 amide bonds. The maximum absolute atomic E-state index is 12.5. The molecule has 8 heteroatoms. The first kappa shape index (κ1) is 20.4. The lowest BCUT2D eigenvalue weighted by atomic mass is 10.1. The summed E-state index contributed by atoms with van der Waals surface area (Å²) in [4.78, 5) is 34.8. The third kappa shape index (κ3) is 4.92. The van der Waals surface area contributed by atoms with Crippen molar-refractivity contribution in [1.29, 1.82) is 0 Å². The van der Waals surface area contributed by atoms with Crippen molar-refractivity contribution in [3.05, 3.63) is 23.9 Å². The summed E-state index contributed by atoms with van der Waals surface area (Å²) in [5.74, 6) is 0.306. The third-order valence-electron chi connectivity index (χ3n) is 5.47. The maximum atomic E-state index is 12.5. The number of pyridine rings is 1. The predicted octanol–water partition coefficient (Wildman–Crippen LogP) is 2.00. The molecule has 0 aromatic carbocycles. The summed E-state index contributed by atoms with van der Waals surface area (Å²) in [6, 6.07) is 5.83. The summed E-state index contributed by atoms with van der Waals surface area (Å²) in [6.45, 7) is 9.06. The van der Waals surface area contributed by atoms with Gasteiger partial charge in [0.25, 0.3) is 0 Å². The van der Waals surface area contributed by atoms with Crippen molar-refractivity contribution in [2.75, 3.05) is 51.3 Å². The average Bonchev–Trinajstić information content (AvgIpc) is 2.73. The van der Waals surface area contributed by atoms with Crippen LogP contribution in [0.3, 0.4) is 0 Å². The zero-order valence-electron chi connectivity index (χ0n) is 17.0. The number of hydrogen-bond donors (Lipinski definition) is 0. The van der Waals surface area contributed by atoms with Crippen LogP contribution in [-0.2, 0) is 9.47 Å². The molecule has 0 N–H and O–H groups in total. The Hall–Kier alpha value is -2.35. The van der Waals surface area contributed by atoms with E-state index < -0.39 is 5.97 Å². The Morgan fingerprint density at radius 3 is 2.36 bits per heavy atom. The fourth-order valence-electron chi connectivity index (χ4n) is 3.66. The van der Waals surface area contributed by atoms with Gasteiger partial charge in [0.1, 0.15) is 11.9 Å². The topological polar surface area (TPSA) is 75.2 Å². The van der Waals surface area contributed by atoms with E-state index in [4.69, 9.17) is 9.47 Å². The average molecular weight is 390 g/mol. The van der Waals surface area contributed by atoms with Crippen LogP contribution in [0.25, 0.3) is 0 Å². The van der Waals surface area contributed by atoms with Crippen molar-refractivity contribution in [3.8, 4) is 0 Å². The number of piperazine rings is 1. The highest BCUT2D eigenvalue weighted by molar-refractivity contribution is 5.87. The maximum Gasteiger partial charge on any atom is 0.410 e. The molecule has 1 aromatic heterocycles. The van der Waals surface area contributed by atoms with Gasteiger partial charge in [-0.3, -0.25) is 4.90 Å². The summed E-state index contributed by atoms with van der Waals surface area (Å²) >= 11 is 0. The number of anilines is 1. The molecule has 28 heavy (non-hydrogen) atoms. The van der Waals surface area contributed by atoms with Crippen LogP contribution in [0, 0.1) is 0 Å². The molecule has 3 heterocycles. The fourth-order valence-corrected chi connectivity index (χ4v) is 3.66. The minimum absolute atomic E-state index is 0.0735. The minimum Gasteiger partial charge on any atom is -0.464 e. The highest BCUT2D eigenvalue weighted by atomic mass is 16.6. The van der Waals surface area contributed by atoms with E-state index in [2.05, 4.69) is 28.6 Å². The van der Waals surface area contributed by atoms with Crippen molar-refractivity contribution < 1.29 is 19.1 Å². The number of hydrogen-bond acceptors (Lipinski definition) is 7. The Kier molecular flexibility index (Phi) is 6.72. The van der Waals surface area contributed by atoms with E-state index in [-0.39, 0.29) is 12.2 Å². The van der Waals surface area contributed by atoms with Gasteiger partial charge in [-0.2, -0.15) is 0 Å². The summed E-state index contributed by atoms with van der Waals surface area (Å²) in [5.41, 5.74) is 0.300. The molecular weight excluding hydrogens is 360 g/mol. The van der Waals surface area contributed by atoms with E-state index in [0.717, 1.165) is 57.9 Å². The minimum atomic E-state index is -0.441. The number of amides is 1. The first-order valence-corrected chi connectivity index (χ1v) is 9.98. The van der Waals surface area contributed by atoms with Crippen LogP contribution in [0.2, 0.25) is 0 Å². The monoisotopic (exact) mass is 390 g/mol. The van der Waals surface area contributed by atoms with Crippen LogP contribution in [-0.4, -0.2) is 85.4 Å². The van der Waals surface area contributed by atoms with Gasteiger partial charge in [-0.05, 0) is 26.0 Å². The van der Waals surface area contributed by atoms with E-state index in [9.17, 15) is 9.59 Å². The number of esters is 1. The first-order valence-electron chi connectivity index (χ1n) is 9.98. The molecule has 3 rings (SSSR count). The largest absolute Gasteiger partial charge is 0.464 e. The summed E-state index contributed by atoms with van der Waals surface area (Å²) < 4.78 is 10.5. The molecular formula is C20H30N4O4. The Morgan fingerprint density at radius 1 is 1.07 bits per heavy atom. The molecule has 0 saturated carbocycles. The number of rotatable bonds is 4. The van der Waals surface area contributed by atoms with Crippen LogP contribution in [0.1, 0.15) is 37.2 Å². The number of methoxy groups -OCH3 is 1. The zero-order chi connectivity index (χ0) is 20.1. The lowest BCUT2D eigenvalue weighted by Crippen LogP contribution is -2.51. The Morgan fingerprint density at radius 2 is 1.75 bits per heavy atom. The van der Waals surface area contributed by atoms with Gasteiger partial charge in [-0.15, -0.1) is 0 Å². The van der Waals surface area contributed by atoms with Crippen LogP contribution in [0.4, 0.5) is 10.6 Å². The van der Waals surface area contributed by atoms with Crippen LogP contribution in [0.15, 0.2) is 18.2 Å². The Labute approximate surface area is 166 Å². The number of ether oxygens (including phenoxy) is 2. The Bertz CT molecular complexity index is 681. The van der Waals surface area contributed by atoms with Crippen molar-refractivity contribution in [2.24, 2.45) is 0 Å². The number of piperidine rings is 1. The van der Waals surface area contributed by atoms with Crippen LogP contribution < -0.4 is 4.90 Å². The molecule has 0 bridgehead atoms. The number of nitrogens with zero attached hydrogens (tertiary/aromatic N) is 4. The van der Waals surface area contributed by atoms with E-state index in [1.165, 1.54) is 7.11 Å². The van der Waals surface area contributed by atoms with Gasteiger partial charge in [0.15, 0.2) is 5.69 Å². The number of carbonyl (C=O) groups is 2. The van der Waals surface area contributed by atoms with Gasteiger partial charge in [0.05, 0.1) is 7.11 Å². The van der Waals surface area contributed by atoms with Gasteiger partial charge < -0.3 is 19.3 Å². The molecule has 0 radical (unpaired) electrons. The van der Waals surface area contributed by atoms with Crippen molar-refractivity contribution >= 4 is 17.9 Å². The van der Waals surface area contributed by atoms with Gasteiger partial charge in [-0.25, -0.2) is 14.6 Å². The molecule has 8 nitrogen and oxygen atoms in total. The molecule has 2 aliphatic rings. The third-order valence-corrected chi connectivity index (χ3v) is 5.47. The normalized spacial score (nSPS) is 19.0. The molecule has 2 saturated heterocycles. The Balaban J connectivity index is 1.47. The van der Waals surface area contributed by atoms with Crippen LogP contribution in [0.5, 0.6) is 0 Å². The van der Waals surface area contributed by atoms with Crippen LogP contribution >= 0.6 is 0 Å². The zero-order valence-corrected chi connectivity index (χ0v) is 17.0. The SMILES string of the molecule is COC(=O)c1cccc(N2CCC(OC(=O)N3CCN(C(C)C)CC3)CC2)n1. The second kappa shape index (κ2) is 9.23. The predicted molar refractivity (Wildman–Crippen MR) is 106 cm³/mol. The quantitative estimate of drug-likeness (QED) is 0.728. The molecule has 2 aliphatic heterocycles. The fraction of sp³-hybridized carbons (Fsp3) is 0.650. The number of aromatic nitrogens is 1. The second-order valence-corrected chi connectivity index (χ2v) is 7.56. The molecule has 0 aliphatic carbocycles. The van der Waals surface area contributed by atoms with Gasteiger partial charge in [0.2, 0.25) is 0 Å². The molecule has 2 fully saturated rings. The van der Waals surface area contributed by atoms with Gasteiger partial charge >= 0.3 is 12.1 Å². The first-order chi connectivity index (χ1) is 13.5. The van der Waals surface area contributed by atoms with Gasteiger partial charge in [0, 0.05) is 58.2 Å². The highest BCUT2D eigenvalue weighted by Crippen LogP contribution is 2.21. The van der Waals surface area contributed by atoms with Crippen molar-refractivity contribution in [2.45, 2.75) is 38.8 Å². The smallest absolute Gasteiger partial charge is 0.410 e. The second-order valence-electron chi connectivity index (χ2n) is 7.56. The van der Waals surface area contributed by atoms with E-state index in [1.54, 1.807) is 12.1 Å². The van der Waals surface area contributed by atoms with E-state index >= 15 is 0 Å². The van der Waals surface area contributed by atoms with Crippen molar-refractivity contribution in [1.82, 2.24) is 14.8 Å². The molecule has 154 valence electrons.